The van der Waals surface area contributed by atoms with Gasteiger partial charge in [0, 0.05) is 18.6 Å². The highest BCUT2D eigenvalue weighted by Gasteiger charge is 2.10. The summed E-state index contributed by atoms with van der Waals surface area (Å²) in [6.07, 6.45) is 0.504. The lowest BCUT2D eigenvalue weighted by atomic mass is 10.1. The number of rotatable bonds is 6. The van der Waals surface area contributed by atoms with Crippen molar-refractivity contribution in [2.75, 3.05) is 6.54 Å². The number of aliphatic hydroxyl groups is 1. The Kier molecular flexibility index (Phi) is 5.02. The van der Waals surface area contributed by atoms with Gasteiger partial charge in [-0.05, 0) is 30.5 Å². The number of hydrogen-bond donors (Lipinski definition) is 2. The van der Waals surface area contributed by atoms with Gasteiger partial charge in [0.25, 0.3) is 0 Å². The Morgan fingerprint density at radius 3 is 2.85 bits per heavy atom. The highest BCUT2D eigenvalue weighted by atomic mass is 35.5. The first-order chi connectivity index (χ1) is 9.47. The van der Waals surface area contributed by atoms with Gasteiger partial charge in [-0.2, -0.15) is 0 Å². The molecule has 2 N–H and O–H groups in total. The molecule has 0 saturated heterocycles. The third-order valence-electron chi connectivity index (χ3n) is 3.34. The molecule has 0 bridgehead atoms. The van der Waals surface area contributed by atoms with Crippen LogP contribution in [0.2, 0.25) is 5.02 Å². The van der Waals surface area contributed by atoms with Gasteiger partial charge in [0.2, 0.25) is 0 Å². The van der Waals surface area contributed by atoms with Crippen LogP contribution in [0.4, 0.5) is 0 Å². The van der Waals surface area contributed by atoms with Crippen LogP contribution < -0.4 is 5.32 Å². The van der Waals surface area contributed by atoms with Crippen LogP contribution >= 0.6 is 11.6 Å². The van der Waals surface area contributed by atoms with E-state index in [9.17, 15) is 5.11 Å². The number of halogens is 1. The molecule has 0 saturated carbocycles. The van der Waals surface area contributed by atoms with Crippen molar-refractivity contribution in [3.63, 3.8) is 0 Å². The highest BCUT2D eigenvalue weighted by molar-refractivity contribution is 6.31. The van der Waals surface area contributed by atoms with Crippen LogP contribution in [-0.4, -0.2) is 27.3 Å². The van der Waals surface area contributed by atoms with E-state index >= 15 is 0 Å². The summed E-state index contributed by atoms with van der Waals surface area (Å²) in [5.41, 5.74) is 1.97. The molecule has 0 aliphatic rings. The third-order valence-corrected chi connectivity index (χ3v) is 3.58. The van der Waals surface area contributed by atoms with Crippen LogP contribution in [0.25, 0.3) is 11.0 Å². The van der Waals surface area contributed by atoms with E-state index in [1.807, 2.05) is 29.8 Å². The summed E-state index contributed by atoms with van der Waals surface area (Å²) < 4.78 is 2.05. The zero-order valence-corrected chi connectivity index (χ0v) is 13.0. The van der Waals surface area contributed by atoms with Gasteiger partial charge in [0.15, 0.2) is 0 Å². The molecule has 4 nitrogen and oxygen atoms in total. The Balaban J connectivity index is 1.98. The van der Waals surface area contributed by atoms with Gasteiger partial charge < -0.3 is 15.0 Å². The molecule has 1 unspecified atom stereocenters. The molecule has 0 spiro atoms. The van der Waals surface area contributed by atoms with E-state index in [2.05, 4.69) is 24.1 Å². The largest absolute Gasteiger partial charge is 0.392 e. The molecule has 5 heteroatoms. The van der Waals surface area contributed by atoms with Gasteiger partial charge in [-0.1, -0.05) is 25.4 Å². The lowest BCUT2D eigenvalue weighted by Crippen LogP contribution is -2.28. The number of aromatic nitrogens is 2. The molecule has 2 rings (SSSR count). The Hall–Kier alpha value is -1.10. The summed E-state index contributed by atoms with van der Waals surface area (Å²) in [5, 5.41) is 13.8. The number of nitrogens with zero attached hydrogens (tertiary/aromatic N) is 2. The summed E-state index contributed by atoms with van der Waals surface area (Å²) >= 11 is 5.98. The quantitative estimate of drug-likeness (QED) is 0.861. The molecule has 1 atom stereocenters. The van der Waals surface area contributed by atoms with Crippen molar-refractivity contribution in [3.05, 3.63) is 29.0 Å². The van der Waals surface area contributed by atoms with Gasteiger partial charge in [0.1, 0.15) is 5.82 Å². The van der Waals surface area contributed by atoms with Crippen LogP contribution in [0.5, 0.6) is 0 Å². The zero-order valence-electron chi connectivity index (χ0n) is 12.2. The predicted octanol–water partition coefficient (Wildman–Crippen LogP) is 2.72. The minimum absolute atomic E-state index is 0.306. The fourth-order valence-electron chi connectivity index (χ4n) is 2.36. The zero-order chi connectivity index (χ0) is 14.7. The van der Waals surface area contributed by atoms with Crippen molar-refractivity contribution >= 4 is 22.6 Å². The van der Waals surface area contributed by atoms with E-state index < -0.39 is 0 Å². The lowest BCUT2D eigenvalue weighted by molar-refractivity contribution is 0.146. The summed E-state index contributed by atoms with van der Waals surface area (Å²) in [5.74, 6) is 1.45. The van der Waals surface area contributed by atoms with Crippen molar-refractivity contribution in [2.45, 2.75) is 32.9 Å². The summed E-state index contributed by atoms with van der Waals surface area (Å²) in [6, 6.07) is 5.71. The molecule has 1 aromatic heterocycles. The second-order valence-electron chi connectivity index (χ2n) is 5.63. The van der Waals surface area contributed by atoms with E-state index in [1.54, 1.807) is 0 Å². The minimum Gasteiger partial charge on any atom is -0.392 e. The fraction of sp³-hybridized carbons (Fsp3) is 0.533. The summed E-state index contributed by atoms with van der Waals surface area (Å²) in [7, 11) is 1.99. The Morgan fingerprint density at radius 2 is 2.15 bits per heavy atom. The number of nitrogens with one attached hydrogen (secondary N) is 1. The van der Waals surface area contributed by atoms with E-state index in [1.165, 1.54) is 0 Å². The van der Waals surface area contributed by atoms with Crippen molar-refractivity contribution in [1.29, 1.82) is 0 Å². The average molecular weight is 296 g/mol. The van der Waals surface area contributed by atoms with E-state index in [-0.39, 0.29) is 6.10 Å². The number of benzene rings is 1. The molecular weight excluding hydrogens is 274 g/mol. The molecule has 2 aromatic rings. The number of imidazole rings is 1. The monoisotopic (exact) mass is 295 g/mol. The van der Waals surface area contributed by atoms with Crippen LogP contribution in [0.1, 0.15) is 26.1 Å². The van der Waals surface area contributed by atoms with E-state index in [4.69, 9.17) is 11.6 Å². The fourth-order valence-corrected chi connectivity index (χ4v) is 2.53. The molecule has 1 aromatic carbocycles. The van der Waals surface area contributed by atoms with Crippen molar-refractivity contribution in [2.24, 2.45) is 13.0 Å². The number of aliphatic hydroxyl groups excluding tert-OH is 1. The molecule has 0 radical (unpaired) electrons. The van der Waals surface area contributed by atoms with Crippen molar-refractivity contribution < 1.29 is 5.11 Å². The van der Waals surface area contributed by atoms with Crippen LogP contribution in [0.15, 0.2) is 18.2 Å². The molecule has 0 fully saturated rings. The molecule has 1 heterocycles. The number of hydrogen-bond acceptors (Lipinski definition) is 3. The minimum atomic E-state index is -0.306. The van der Waals surface area contributed by atoms with Crippen molar-refractivity contribution in [3.8, 4) is 0 Å². The molecule has 0 aliphatic heterocycles. The van der Waals surface area contributed by atoms with Crippen LogP contribution in [-0.2, 0) is 13.6 Å². The first-order valence-electron chi connectivity index (χ1n) is 6.97. The maximum absolute atomic E-state index is 9.84. The lowest BCUT2D eigenvalue weighted by Gasteiger charge is -2.13. The third kappa shape index (κ3) is 3.72. The standard InChI is InChI=1S/C15H22ClN3O/c1-10(2)6-12(20)8-17-9-15-18-13-7-11(16)4-5-14(13)19(15)3/h4-5,7,10,12,17,20H,6,8-9H2,1-3H3. The van der Waals surface area contributed by atoms with Gasteiger partial charge in [-0.3, -0.25) is 0 Å². The number of fused-ring (bicyclic) bond motifs is 1. The van der Waals surface area contributed by atoms with Crippen LogP contribution in [0, 0.1) is 5.92 Å². The Labute approximate surface area is 124 Å². The number of aryl methyl sites for hydroxylation is 1. The normalized spacial score (nSPS) is 13.3. The molecule has 0 amide bonds. The van der Waals surface area contributed by atoms with Crippen molar-refractivity contribution in [1.82, 2.24) is 14.9 Å². The second-order valence-corrected chi connectivity index (χ2v) is 6.07. The first-order valence-corrected chi connectivity index (χ1v) is 7.34. The summed E-state index contributed by atoms with van der Waals surface area (Å²) in [4.78, 5) is 4.57. The smallest absolute Gasteiger partial charge is 0.123 e. The Bertz CT molecular complexity index is 580. The topological polar surface area (TPSA) is 50.1 Å². The van der Waals surface area contributed by atoms with Gasteiger partial charge in [0.05, 0.1) is 23.7 Å². The highest BCUT2D eigenvalue weighted by Crippen LogP contribution is 2.19. The molecule has 0 aliphatic carbocycles. The van der Waals surface area contributed by atoms with Crippen LogP contribution in [0.3, 0.4) is 0 Å². The predicted molar refractivity (Wildman–Crippen MR) is 82.9 cm³/mol. The first kappa shape index (κ1) is 15.3. The SMILES string of the molecule is CC(C)CC(O)CNCc1nc2cc(Cl)ccc2n1C. The van der Waals surface area contributed by atoms with Gasteiger partial charge in [-0.25, -0.2) is 4.98 Å². The van der Waals surface area contributed by atoms with E-state index in [0.29, 0.717) is 24.0 Å². The molecule has 110 valence electrons. The average Bonchev–Trinajstić information content (AvgIpc) is 2.65. The second kappa shape index (κ2) is 6.57. The maximum atomic E-state index is 9.84. The van der Waals surface area contributed by atoms with Gasteiger partial charge >= 0.3 is 0 Å². The van der Waals surface area contributed by atoms with Gasteiger partial charge in [-0.15, -0.1) is 0 Å². The van der Waals surface area contributed by atoms with E-state index in [0.717, 1.165) is 23.3 Å². The summed E-state index contributed by atoms with van der Waals surface area (Å²) in [6.45, 7) is 5.44. The molecular formula is C15H22ClN3O. The Morgan fingerprint density at radius 1 is 1.40 bits per heavy atom. The maximum Gasteiger partial charge on any atom is 0.123 e. The molecule has 20 heavy (non-hydrogen) atoms.